The van der Waals surface area contributed by atoms with Crippen molar-refractivity contribution < 1.29 is 9.50 Å². The minimum atomic E-state index is 0.500. The normalized spacial score (nSPS) is 7.24. The van der Waals surface area contributed by atoms with E-state index in [0.717, 1.165) is 24.9 Å². The molecule has 29 heavy (non-hydrogen) atoms. The number of halogens is 1. The molecule has 192 valence electrons. The van der Waals surface area contributed by atoms with Crippen molar-refractivity contribution >= 4 is 0 Å². The third-order valence-electron chi connectivity index (χ3n) is 0. The van der Waals surface area contributed by atoms with Gasteiger partial charge in [0.2, 0.25) is 0 Å². The standard InChI is InChI=1S/3C4H10.C3H9N.3C3H8.CH3F.CH4O/c4*1-4(2)3;3*1-3-2;2*1-2/h3*4H,1-3H3;1-3H3;3*3H2,1-2H3;1H3;2H,1H3. The van der Waals surface area contributed by atoms with Gasteiger partial charge in [0.05, 0.1) is 7.18 Å². The summed E-state index contributed by atoms with van der Waals surface area (Å²) in [5.41, 5.74) is 0. The van der Waals surface area contributed by atoms with Crippen molar-refractivity contribution in [1.82, 2.24) is 4.90 Å². The molecule has 0 heterocycles. The number of rotatable bonds is 0. The molecule has 0 aromatic rings. The van der Waals surface area contributed by atoms with E-state index in [2.05, 4.69) is 104 Å². The fourth-order valence-corrected chi connectivity index (χ4v) is 0. The van der Waals surface area contributed by atoms with E-state index in [9.17, 15) is 4.39 Å². The van der Waals surface area contributed by atoms with E-state index in [1.165, 1.54) is 19.3 Å². The Labute approximate surface area is 191 Å². The molecule has 0 fully saturated rings. The van der Waals surface area contributed by atoms with Crippen LogP contribution in [0.2, 0.25) is 0 Å². The lowest BCUT2D eigenvalue weighted by Crippen LogP contribution is -1.99. The SMILES string of the molecule is CC(C)C.CC(C)C.CC(C)C.CCC.CCC.CCC.CF.CN(C)C.CO. The summed E-state index contributed by atoms with van der Waals surface area (Å²) >= 11 is 0. The van der Waals surface area contributed by atoms with Crippen LogP contribution < -0.4 is 0 Å². The summed E-state index contributed by atoms with van der Waals surface area (Å²) in [6.45, 7) is 32.2. The van der Waals surface area contributed by atoms with Crippen molar-refractivity contribution in [3.63, 3.8) is 0 Å². The van der Waals surface area contributed by atoms with Crippen LogP contribution in [0.1, 0.15) is 123 Å². The van der Waals surface area contributed by atoms with Crippen molar-refractivity contribution in [3.05, 3.63) is 0 Å². The fourth-order valence-electron chi connectivity index (χ4n) is 0. The Balaban J connectivity index is -0.0000000224. The number of aliphatic hydroxyl groups is 1. The smallest absolute Gasteiger partial charge is 0.0785 e. The van der Waals surface area contributed by atoms with Gasteiger partial charge >= 0.3 is 0 Å². The second kappa shape index (κ2) is 91.0. The van der Waals surface area contributed by atoms with Crippen LogP contribution in [-0.4, -0.2) is 45.4 Å². The summed E-state index contributed by atoms with van der Waals surface area (Å²) in [6, 6.07) is 0. The molecular formula is C26H70FNO. The Hall–Kier alpha value is -0.150. The van der Waals surface area contributed by atoms with Crippen LogP contribution in [0.25, 0.3) is 0 Å². The zero-order valence-corrected chi connectivity index (χ0v) is 25.1. The van der Waals surface area contributed by atoms with E-state index >= 15 is 0 Å². The first kappa shape index (κ1) is 56.8. The van der Waals surface area contributed by atoms with Crippen molar-refractivity contribution in [3.8, 4) is 0 Å². The van der Waals surface area contributed by atoms with E-state index in [0.29, 0.717) is 7.18 Å². The van der Waals surface area contributed by atoms with Crippen LogP contribution in [0.15, 0.2) is 0 Å². The molecule has 0 amide bonds. The first-order valence-electron chi connectivity index (χ1n) is 11.6. The van der Waals surface area contributed by atoms with Gasteiger partial charge in [0.15, 0.2) is 0 Å². The molecule has 3 heteroatoms. The van der Waals surface area contributed by atoms with E-state index in [1.54, 1.807) is 0 Å². The second-order valence-electron chi connectivity index (χ2n) is 8.66. The predicted octanol–water partition coefficient (Wildman–Crippen LogP) is 9.61. The van der Waals surface area contributed by atoms with Gasteiger partial charge < -0.3 is 10.0 Å². The number of nitrogens with zero attached hydrogens (tertiary/aromatic N) is 1. The quantitative estimate of drug-likeness (QED) is 0.412. The average molecular weight is 432 g/mol. The van der Waals surface area contributed by atoms with Gasteiger partial charge in [0.25, 0.3) is 0 Å². The van der Waals surface area contributed by atoms with Gasteiger partial charge in [-0.15, -0.1) is 0 Å². The molecule has 0 aliphatic heterocycles. The molecule has 0 rings (SSSR count). The molecule has 0 unspecified atom stereocenters. The maximum atomic E-state index is 9.50. The number of hydrogen-bond acceptors (Lipinski definition) is 2. The zero-order valence-electron chi connectivity index (χ0n) is 25.1. The third kappa shape index (κ3) is 827000. The Morgan fingerprint density at radius 2 is 0.483 bits per heavy atom. The van der Waals surface area contributed by atoms with Crippen LogP contribution in [0.3, 0.4) is 0 Å². The predicted molar refractivity (Wildman–Crippen MR) is 144 cm³/mol. The van der Waals surface area contributed by atoms with Gasteiger partial charge in [-0.1, -0.05) is 123 Å². The van der Waals surface area contributed by atoms with Crippen LogP contribution in [-0.2, 0) is 0 Å². The highest BCUT2D eigenvalue weighted by Gasteiger charge is 1.68. The van der Waals surface area contributed by atoms with Gasteiger partial charge in [-0.3, -0.25) is 4.39 Å². The first-order chi connectivity index (χ1) is 13.2. The van der Waals surface area contributed by atoms with E-state index in [-0.39, 0.29) is 0 Å². The summed E-state index contributed by atoms with van der Waals surface area (Å²) in [5.74, 6) is 2.50. The lowest BCUT2D eigenvalue weighted by atomic mass is 10.3. The molecule has 0 aliphatic rings. The first-order valence-corrected chi connectivity index (χ1v) is 11.6. The average Bonchev–Trinajstić information content (AvgIpc) is 2.51. The van der Waals surface area contributed by atoms with Gasteiger partial charge in [0.1, 0.15) is 0 Å². The van der Waals surface area contributed by atoms with Gasteiger partial charge in [-0.2, -0.15) is 0 Å². The van der Waals surface area contributed by atoms with Crippen molar-refractivity contribution in [1.29, 1.82) is 0 Å². The largest absolute Gasteiger partial charge is 0.400 e. The van der Waals surface area contributed by atoms with Crippen LogP contribution in [0.4, 0.5) is 4.39 Å². The molecule has 0 saturated heterocycles. The molecule has 2 nitrogen and oxygen atoms in total. The summed E-state index contributed by atoms with van der Waals surface area (Å²) in [7, 11) is 7.50. The molecule has 0 aliphatic carbocycles. The summed E-state index contributed by atoms with van der Waals surface area (Å²) in [5, 5.41) is 7.00. The Morgan fingerprint density at radius 1 is 0.483 bits per heavy atom. The summed E-state index contributed by atoms with van der Waals surface area (Å²) in [6.07, 6.45) is 3.75. The summed E-state index contributed by atoms with van der Waals surface area (Å²) in [4.78, 5) is 2.00. The van der Waals surface area contributed by atoms with Crippen molar-refractivity contribution in [2.24, 2.45) is 17.8 Å². The number of alkyl halides is 1. The highest BCUT2D eigenvalue weighted by molar-refractivity contribution is 4.21. The van der Waals surface area contributed by atoms with Gasteiger partial charge in [-0.05, 0) is 38.9 Å². The Kier molecular flexibility index (Phi) is 178. The zero-order chi connectivity index (χ0) is 26.4. The number of aliphatic hydroxyl groups excluding tert-OH is 1. The molecule has 0 saturated carbocycles. The van der Waals surface area contributed by atoms with Crippen LogP contribution >= 0.6 is 0 Å². The highest BCUT2D eigenvalue weighted by Crippen LogP contribution is 1.81. The van der Waals surface area contributed by atoms with Gasteiger partial charge in [-0.25, -0.2) is 0 Å². The molecule has 0 aromatic carbocycles. The van der Waals surface area contributed by atoms with Crippen molar-refractivity contribution in [2.45, 2.75) is 123 Å². The molecular weight excluding hydrogens is 361 g/mol. The molecule has 0 atom stereocenters. The number of hydrogen-bond donors (Lipinski definition) is 1. The van der Waals surface area contributed by atoms with Gasteiger partial charge in [0, 0.05) is 7.11 Å². The van der Waals surface area contributed by atoms with E-state index in [4.69, 9.17) is 5.11 Å². The lowest BCUT2D eigenvalue weighted by Gasteiger charge is -1.90. The molecule has 0 bridgehead atoms. The van der Waals surface area contributed by atoms with E-state index in [1.807, 2.05) is 26.0 Å². The highest BCUT2D eigenvalue weighted by atomic mass is 19.1. The second-order valence-corrected chi connectivity index (χ2v) is 8.66. The van der Waals surface area contributed by atoms with Crippen molar-refractivity contribution in [2.75, 3.05) is 35.4 Å². The molecule has 1 N–H and O–H groups in total. The molecule has 0 radical (unpaired) electrons. The summed E-state index contributed by atoms with van der Waals surface area (Å²) < 4.78 is 9.50. The topological polar surface area (TPSA) is 23.5 Å². The third-order valence-corrected chi connectivity index (χ3v) is 0. The minimum absolute atomic E-state index is 0.500. The maximum Gasteiger partial charge on any atom is 0.0785 e. The Morgan fingerprint density at radius 3 is 0.483 bits per heavy atom. The van der Waals surface area contributed by atoms with E-state index < -0.39 is 0 Å². The monoisotopic (exact) mass is 432 g/mol. The lowest BCUT2D eigenvalue weighted by molar-refractivity contribution is 0.399. The molecule has 0 aromatic heterocycles. The van der Waals surface area contributed by atoms with Crippen LogP contribution in [0.5, 0.6) is 0 Å². The van der Waals surface area contributed by atoms with Crippen LogP contribution in [0, 0.1) is 17.8 Å². The minimum Gasteiger partial charge on any atom is -0.400 e. The Bertz CT molecular complexity index is 88.1. The maximum absolute atomic E-state index is 9.50. The molecule has 0 spiro atoms. The fraction of sp³-hybridized carbons (Fsp3) is 1.00.